The zero-order valence-corrected chi connectivity index (χ0v) is 9.12. The molecule has 0 spiro atoms. The van der Waals surface area contributed by atoms with Gasteiger partial charge in [0.15, 0.2) is 0 Å². The molecular weight excluding hydrogens is 234 g/mol. The lowest BCUT2D eigenvalue weighted by Crippen LogP contribution is -2.36. The van der Waals surface area contributed by atoms with Gasteiger partial charge in [0.2, 0.25) is 0 Å². The zero-order chi connectivity index (χ0) is 13.1. The summed E-state index contributed by atoms with van der Waals surface area (Å²) in [5.74, 6) is -5.81. The Bertz CT molecular complexity index is 433. The highest BCUT2D eigenvalue weighted by Crippen LogP contribution is 2.25. The highest BCUT2D eigenvalue weighted by Gasteiger charge is 2.42. The Morgan fingerprint density at radius 3 is 2.24 bits per heavy atom. The number of halogens is 2. The molecule has 2 N–H and O–H groups in total. The molecule has 0 unspecified atom stereocenters. The number of carbonyl (C=O) groups is 2. The Balaban J connectivity index is 3.02. The van der Waals surface area contributed by atoms with Gasteiger partial charge in [0.25, 0.3) is 11.8 Å². The number of carbonyl (C=O) groups excluding carboxylic acids is 2. The molecule has 2 amide bonds. The van der Waals surface area contributed by atoms with Crippen molar-refractivity contribution >= 4 is 11.8 Å². The summed E-state index contributed by atoms with van der Waals surface area (Å²) in [5, 5.41) is 4.08. The molecule has 0 saturated carbocycles. The number of amides is 2. The van der Waals surface area contributed by atoms with Crippen LogP contribution in [0.1, 0.15) is 16.2 Å². The van der Waals surface area contributed by atoms with Gasteiger partial charge in [-0.2, -0.15) is 8.78 Å². The molecule has 6 nitrogen and oxygen atoms in total. The molecule has 0 aromatic carbocycles. The summed E-state index contributed by atoms with van der Waals surface area (Å²) in [5.41, 5.74) is -0.923. The molecule has 0 aliphatic heterocycles. The molecule has 92 valence electrons. The van der Waals surface area contributed by atoms with Crippen molar-refractivity contribution in [1.29, 1.82) is 0 Å². The van der Waals surface area contributed by atoms with Crippen LogP contribution in [-0.2, 0) is 10.7 Å². The van der Waals surface area contributed by atoms with E-state index in [1.807, 2.05) is 5.32 Å². The Kier molecular flexibility index (Phi) is 3.66. The number of nitrogens with zero attached hydrogens (tertiary/aromatic N) is 2. The second kappa shape index (κ2) is 4.81. The highest BCUT2D eigenvalue weighted by molar-refractivity contribution is 5.91. The van der Waals surface area contributed by atoms with Gasteiger partial charge in [-0.25, -0.2) is 4.98 Å². The second-order valence-electron chi connectivity index (χ2n) is 3.02. The van der Waals surface area contributed by atoms with Crippen LogP contribution >= 0.6 is 0 Å². The molecule has 0 atom stereocenters. The molecule has 0 radical (unpaired) electrons. The predicted octanol–water partition coefficient (Wildman–Crippen LogP) is -0.326. The maximum absolute atomic E-state index is 13.3. The van der Waals surface area contributed by atoms with Gasteiger partial charge in [-0.15, -0.1) is 0 Å². The Morgan fingerprint density at radius 1 is 1.18 bits per heavy atom. The van der Waals surface area contributed by atoms with E-state index >= 15 is 0 Å². The number of likely N-dealkylation sites (N-methyl/N-ethyl adjacent to an activating group) is 1. The van der Waals surface area contributed by atoms with Gasteiger partial charge >= 0.3 is 5.92 Å². The summed E-state index contributed by atoms with van der Waals surface area (Å²) in [6, 6.07) is 0. The standard InChI is InChI=1S/C9H10F2N4O2/c1-12-7(16)5-3-15-6(4-14-5)9(10,11)8(17)13-2/h3-4H,1-2H3,(H,12,16)(H,13,17). The van der Waals surface area contributed by atoms with E-state index in [0.717, 1.165) is 13.2 Å². The third kappa shape index (κ3) is 2.52. The van der Waals surface area contributed by atoms with Gasteiger partial charge in [-0.3, -0.25) is 14.6 Å². The maximum atomic E-state index is 13.3. The lowest BCUT2D eigenvalue weighted by atomic mass is 10.2. The average Bonchev–Trinajstić information content (AvgIpc) is 2.36. The van der Waals surface area contributed by atoms with Crippen molar-refractivity contribution in [3.63, 3.8) is 0 Å². The number of aromatic nitrogens is 2. The van der Waals surface area contributed by atoms with Crippen molar-refractivity contribution in [2.45, 2.75) is 5.92 Å². The molecule has 17 heavy (non-hydrogen) atoms. The SMILES string of the molecule is CNC(=O)c1cnc(C(F)(F)C(=O)NC)cn1. The van der Waals surface area contributed by atoms with Crippen molar-refractivity contribution in [1.82, 2.24) is 20.6 Å². The monoisotopic (exact) mass is 244 g/mol. The summed E-state index contributed by atoms with van der Waals surface area (Å²) in [6.45, 7) is 0. The van der Waals surface area contributed by atoms with E-state index < -0.39 is 23.4 Å². The second-order valence-corrected chi connectivity index (χ2v) is 3.02. The fraction of sp³-hybridized carbons (Fsp3) is 0.333. The molecule has 1 heterocycles. The lowest BCUT2D eigenvalue weighted by molar-refractivity contribution is -0.147. The molecule has 1 aromatic rings. The Morgan fingerprint density at radius 2 is 1.82 bits per heavy atom. The van der Waals surface area contributed by atoms with E-state index in [2.05, 4.69) is 15.3 Å². The van der Waals surface area contributed by atoms with Crippen LogP contribution in [0.15, 0.2) is 12.4 Å². The quantitative estimate of drug-likeness (QED) is 0.762. The van der Waals surface area contributed by atoms with Crippen LogP contribution in [0.25, 0.3) is 0 Å². The van der Waals surface area contributed by atoms with Crippen LogP contribution in [0.3, 0.4) is 0 Å². The first-order valence-electron chi connectivity index (χ1n) is 4.58. The average molecular weight is 244 g/mol. The highest BCUT2D eigenvalue weighted by atomic mass is 19.3. The van der Waals surface area contributed by atoms with Gasteiger partial charge in [0.1, 0.15) is 11.4 Å². The van der Waals surface area contributed by atoms with E-state index in [1.54, 1.807) is 0 Å². The van der Waals surface area contributed by atoms with Crippen molar-refractivity contribution in [2.24, 2.45) is 0 Å². The number of alkyl halides is 2. The Labute approximate surface area is 95.4 Å². The lowest BCUT2D eigenvalue weighted by Gasteiger charge is -2.13. The maximum Gasteiger partial charge on any atom is 0.367 e. The smallest absolute Gasteiger partial charge is 0.354 e. The molecular formula is C9H10F2N4O2. The first kappa shape index (κ1) is 12.9. The van der Waals surface area contributed by atoms with E-state index in [0.29, 0.717) is 6.20 Å². The van der Waals surface area contributed by atoms with Crippen molar-refractivity contribution in [3.05, 3.63) is 23.8 Å². The van der Waals surface area contributed by atoms with E-state index in [4.69, 9.17) is 0 Å². The van der Waals surface area contributed by atoms with Gasteiger partial charge in [-0.1, -0.05) is 0 Å². The first-order valence-corrected chi connectivity index (χ1v) is 4.58. The van der Waals surface area contributed by atoms with Gasteiger partial charge in [0, 0.05) is 14.1 Å². The van der Waals surface area contributed by atoms with E-state index in [1.165, 1.54) is 7.05 Å². The van der Waals surface area contributed by atoms with E-state index in [9.17, 15) is 18.4 Å². The van der Waals surface area contributed by atoms with Crippen molar-refractivity contribution in [3.8, 4) is 0 Å². The fourth-order valence-corrected chi connectivity index (χ4v) is 1.01. The van der Waals surface area contributed by atoms with Crippen LogP contribution in [0.5, 0.6) is 0 Å². The molecule has 0 fully saturated rings. The molecule has 0 saturated heterocycles. The third-order valence-corrected chi connectivity index (χ3v) is 1.95. The number of nitrogens with one attached hydrogen (secondary N) is 2. The van der Waals surface area contributed by atoms with Gasteiger partial charge < -0.3 is 10.6 Å². The van der Waals surface area contributed by atoms with E-state index in [-0.39, 0.29) is 5.69 Å². The molecule has 1 rings (SSSR count). The summed E-state index contributed by atoms with van der Waals surface area (Å²) in [4.78, 5) is 28.8. The third-order valence-electron chi connectivity index (χ3n) is 1.95. The Hall–Kier alpha value is -2.12. The molecule has 0 aliphatic carbocycles. The number of rotatable bonds is 3. The minimum Gasteiger partial charge on any atom is -0.354 e. The van der Waals surface area contributed by atoms with Crippen molar-refractivity contribution < 1.29 is 18.4 Å². The summed E-state index contributed by atoms with van der Waals surface area (Å²) >= 11 is 0. The summed E-state index contributed by atoms with van der Waals surface area (Å²) < 4.78 is 26.7. The first-order chi connectivity index (χ1) is 7.93. The topological polar surface area (TPSA) is 84.0 Å². The molecule has 1 aromatic heterocycles. The van der Waals surface area contributed by atoms with Crippen LogP contribution in [0, 0.1) is 0 Å². The van der Waals surface area contributed by atoms with Gasteiger partial charge in [0.05, 0.1) is 12.4 Å². The normalized spacial score (nSPS) is 10.8. The molecule has 0 bridgehead atoms. The van der Waals surface area contributed by atoms with Crippen molar-refractivity contribution in [2.75, 3.05) is 14.1 Å². The summed E-state index contributed by atoms with van der Waals surface area (Å²) in [6.07, 6.45) is 1.57. The van der Waals surface area contributed by atoms with Gasteiger partial charge in [-0.05, 0) is 0 Å². The zero-order valence-electron chi connectivity index (χ0n) is 9.12. The molecule has 8 heteroatoms. The molecule has 0 aliphatic rings. The fourth-order valence-electron chi connectivity index (χ4n) is 1.01. The minimum atomic E-state index is -3.77. The van der Waals surface area contributed by atoms with Crippen LogP contribution < -0.4 is 10.6 Å². The number of hydrogen-bond acceptors (Lipinski definition) is 4. The minimum absolute atomic E-state index is 0.107. The van der Waals surface area contributed by atoms with Crippen LogP contribution in [-0.4, -0.2) is 35.9 Å². The predicted molar refractivity (Wildman–Crippen MR) is 53.4 cm³/mol. The summed E-state index contributed by atoms with van der Waals surface area (Å²) in [7, 11) is 2.46. The van der Waals surface area contributed by atoms with Crippen LogP contribution in [0.2, 0.25) is 0 Å². The largest absolute Gasteiger partial charge is 0.367 e. The number of hydrogen-bond donors (Lipinski definition) is 2. The van der Waals surface area contributed by atoms with Crippen LogP contribution in [0.4, 0.5) is 8.78 Å².